The van der Waals surface area contributed by atoms with Gasteiger partial charge in [0.05, 0.1) is 24.0 Å². The molecule has 0 aromatic carbocycles. The van der Waals surface area contributed by atoms with Gasteiger partial charge in [0.1, 0.15) is 11.2 Å². The van der Waals surface area contributed by atoms with Gasteiger partial charge >= 0.3 is 11.9 Å². The van der Waals surface area contributed by atoms with Crippen molar-refractivity contribution in [1.29, 1.82) is 0 Å². The van der Waals surface area contributed by atoms with E-state index in [1.54, 1.807) is 0 Å². The van der Waals surface area contributed by atoms with E-state index in [0.29, 0.717) is 12.6 Å². The van der Waals surface area contributed by atoms with Gasteiger partial charge in [0.15, 0.2) is 0 Å². The average Bonchev–Trinajstić information content (AvgIpc) is 2.82. The molecule has 3 rings (SSSR count). The highest BCUT2D eigenvalue weighted by atomic mass is 16.6. The Morgan fingerprint density at radius 2 is 1.32 bits per heavy atom. The first-order valence-electron chi connectivity index (χ1n) is 14.4. The summed E-state index contributed by atoms with van der Waals surface area (Å²) in [5.74, 6) is -2.12. The Morgan fingerprint density at radius 1 is 0.829 bits per heavy atom. The first-order chi connectivity index (χ1) is 18.9. The number of nitrogens with one attached hydrogen (secondary N) is 2. The van der Waals surface area contributed by atoms with Crippen LogP contribution in [0, 0.1) is 11.8 Å². The van der Waals surface area contributed by atoms with Gasteiger partial charge in [0, 0.05) is 39.6 Å². The molecule has 5 atom stereocenters. The molecule has 3 aliphatic heterocycles. The number of carbonyl (C=O) groups is 4. The maximum Gasteiger partial charge on any atom is 0.312 e. The Balaban J connectivity index is 0.000000621. The van der Waals surface area contributed by atoms with Crippen LogP contribution in [-0.2, 0) is 38.1 Å². The summed E-state index contributed by atoms with van der Waals surface area (Å²) in [5.41, 5.74) is -0.829. The Kier molecular flexibility index (Phi) is 18.0. The van der Waals surface area contributed by atoms with E-state index in [-0.39, 0.29) is 36.0 Å². The number of hydrogen-bond acceptors (Lipinski definition) is 10. The molecule has 0 unspecified atom stereocenters. The van der Waals surface area contributed by atoms with Crippen molar-refractivity contribution in [3.05, 3.63) is 0 Å². The van der Waals surface area contributed by atoms with E-state index in [1.807, 2.05) is 48.5 Å². The molecule has 0 bridgehead atoms. The van der Waals surface area contributed by atoms with Gasteiger partial charge in [-0.1, -0.05) is 0 Å². The maximum atomic E-state index is 12.1. The summed E-state index contributed by atoms with van der Waals surface area (Å²) < 4.78 is 22.2. The normalized spacial score (nSPS) is 25.6. The Morgan fingerprint density at radius 3 is 1.80 bits per heavy atom. The van der Waals surface area contributed by atoms with Crippen molar-refractivity contribution in [1.82, 2.24) is 10.6 Å². The van der Waals surface area contributed by atoms with Crippen LogP contribution in [0.3, 0.4) is 0 Å². The van der Waals surface area contributed by atoms with Crippen LogP contribution < -0.4 is 10.6 Å². The predicted molar refractivity (Wildman–Crippen MR) is 154 cm³/mol. The second-order valence-corrected chi connectivity index (χ2v) is 12.1. The number of fused-ring (bicyclic) bond motifs is 1. The maximum absolute atomic E-state index is 12.1. The zero-order chi connectivity index (χ0) is 31.8. The number of esters is 2. The lowest BCUT2D eigenvalue weighted by atomic mass is 9.85. The van der Waals surface area contributed by atoms with Gasteiger partial charge in [0.2, 0.25) is 0 Å². The van der Waals surface area contributed by atoms with Gasteiger partial charge in [-0.25, -0.2) is 0 Å². The summed E-state index contributed by atoms with van der Waals surface area (Å²) >= 11 is 0. The van der Waals surface area contributed by atoms with Crippen LogP contribution in [0.4, 0.5) is 0 Å². The van der Waals surface area contributed by atoms with Crippen molar-refractivity contribution in [2.45, 2.75) is 117 Å². The van der Waals surface area contributed by atoms with Crippen LogP contribution in [0.1, 0.15) is 88.0 Å². The van der Waals surface area contributed by atoms with Crippen molar-refractivity contribution in [2.24, 2.45) is 11.8 Å². The number of ether oxygens (including phenoxy) is 4. The van der Waals surface area contributed by atoms with Crippen molar-refractivity contribution in [3.63, 3.8) is 0 Å². The first kappa shape index (κ1) is 38.7. The molecular formula is C29H54N2O10. The highest BCUT2D eigenvalue weighted by Crippen LogP contribution is 2.28. The molecule has 0 saturated carbocycles. The number of hydrogen-bond donors (Lipinski definition) is 4. The SMILES string of the molecule is CC(=O)O.CC(=O)O.CC(C)(C)OC(=O)[C@H]1CCN[C@@H]2CCCO[C@@H]12.CCO[C@@H]1CNCC[C@@H]1C(=O)OC(C)(C)C. The molecule has 3 fully saturated rings. The molecule has 3 heterocycles. The molecule has 4 N–H and O–H groups in total. The predicted octanol–water partition coefficient (Wildman–Crippen LogP) is 3.01. The minimum atomic E-state index is -0.833. The molecule has 3 aliphatic rings. The summed E-state index contributed by atoms with van der Waals surface area (Å²) in [5, 5.41) is 21.5. The summed E-state index contributed by atoms with van der Waals surface area (Å²) in [6.45, 7) is 19.4. The van der Waals surface area contributed by atoms with Crippen LogP contribution in [0.2, 0.25) is 0 Å². The molecule has 0 aromatic rings. The second-order valence-electron chi connectivity index (χ2n) is 12.1. The molecule has 12 heteroatoms. The molecule has 3 saturated heterocycles. The van der Waals surface area contributed by atoms with E-state index in [4.69, 9.17) is 38.7 Å². The van der Waals surface area contributed by atoms with E-state index < -0.39 is 23.1 Å². The van der Waals surface area contributed by atoms with Crippen molar-refractivity contribution in [3.8, 4) is 0 Å². The number of aliphatic carboxylic acids is 2. The van der Waals surface area contributed by atoms with Crippen LogP contribution >= 0.6 is 0 Å². The van der Waals surface area contributed by atoms with Crippen molar-refractivity contribution >= 4 is 23.9 Å². The smallest absolute Gasteiger partial charge is 0.312 e. The molecule has 240 valence electrons. The van der Waals surface area contributed by atoms with Gasteiger partial charge in [-0.15, -0.1) is 0 Å². The highest BCUT2D eigenvalue weighted by Gasteiger charge is 2.41. The second kappa shape index (κ2) is 19.0. The quantitative estimate of drug-likeness (QED) is 0.354. The van der Waals surface area contributed by atoms with Gasteiger partial charge in [-0.3, -0.25) is 19.2 Å². The summed E-state index contributed by atoms with van der Waals surface area (Å²) in [6.07, 6.45) is 3.75. The molecule has 0 radical (unpaired) electrons. The number of carboxylic acid groups (broad SMARTS) is 2. The summed E-state index contributed by atoms with van der Waals surface area (Å²) in [6, 6.07) is 0.329. The monoisotopic (exact) mass is 590 g/mol. The molecule has 12 nitrogen and oxygen atoms in total. The van der Waals surface area contributed by atoms with E-state index in [2.05, 4.69) is 10.6 Å². The fourth-order valence-electron chi connectivity index (χ4n) is 4.50. The number of piperidine rings is 2. The van der Waals surface area contributed by atoms with E-state index in [9.17, 15) is 9.59 Å². The van der Waals surface area contributed by atoms with Gasteiger partial charge in [-0.05, 0) is 87.2 Å². The molecule has 0 aromatic heterocycles. The Labute approximate surface area is 245 Å². The lowest BCUT2D eigenvalue weighted by molar-refractivity contribution is -0.171. The van der Waals surface area contributed by atoms with Crippen LogP contribution in [0.15, 0.2) is 0 Å². The third kappa shape index (κ3) is 18.7. The van der Waals surface area contributed by atoms with Crippen LogP contribution in [0.5, 0.6) is 0 Å². The molecule has 0 spiro atoms. The topological polar surface area (TPSA) is 170 Å². The van der Waals surface area contributed by atoms with Gasteiger partial charge in [-0.2, -0.15) is 0 Å². The number of carboxylic acids is 2. The largest absolute Gasteiger partial charge is 0.481 e. The van der Waals surface area contributed by atoms with E-state index in [1.165, 1.54) is 0 Å². The average molecular weight is 591 g/mol. The molecular weight excluding hydrogens is 536 g/mol. The molecule has 0 aliphatic carbocycles. The zero-order valence-electron chi connectivity index (χ0n) is 26.4. The lowest BCUT2D eigenvalue weighted by Crippen LogP contribution is -2.55. The molecule has 41 heavy (non-hydrogen) atoms. The number of carbonyl (C=O) groups excluding carboxylic acids is 2. The van der Waals surface area contributed by atoms with Gasteiger partial charge < -0.3 is 39.8 Å². The van der Waals surface area contributed by atoms with Crippen molar-refractivity contribution in [2.75, 3.05) is 32.8 Å². The minimum Gasteiger partial charge on any atom is -0.481 e. The fraction of sp³-hybridized carbons (Fsp3) is 0.862. The first-order valence-corrected chi connectivity index (χ1v) is 14.4. The third-order valence-corrected chi connectivity index (χ3v) is 5.85. The van der Waals surface area contributed by atoms with Crippen LogP contribution in [0.25, 0.3) is 0 Å². The van der Waals surface area contributed by atoms with Crippen LogP contribution in [-0.4, -0.2) is 96.4 Å². The van der Waals surface area contributed by atoms with E-state index >= 15 is 0 Å². The Hall–Kier alpha value is -2.28. The third-order valence-electron chi connectivity index (χ3n) is 5.85. The van der Waals surface area contributed by atoms with E-state index in [0.717, 1.165) is 65.8 Å². The minimum absolute atomic E-state index is 0.00681. The van der Waals surface area contributed by atoms with Gasteiger partial charge in [0.25, 0.3) is 11.9 Å². The number of rotatable bonds is 4. The summed E-state index contributed by atoms with van der Waals surface area (Å²) in [4.78, 5) is 42.1. The molecule has 0 amide bonds. The zero-order valence-corrected chi connectivity index (χ0v) is 26.4. The fourth-order valence-corrected chi connectivity index (χ4v) is 4.50. The summed E-state index contributed by atoms with van der Waals surface area (Å²) in [7, 11) is 0. The Bertz CT molecular complexity index is 782. The lowest BCUT2D eigenvalue weighted by Gasteiger charge is -2.41. The highest BCUT2D eigenvalue weighted by molar-refractivity contribution is 5.74. The van der Waals surface area contributed by atoms with Crippen molar-refractivity contribution < 1.29 is 48.3 Å². The standard InChI is InChI=1S/C13H23NO3.C12H23NO3.2C2H4O2/c1-13(2,3)17-12(15)9-6-7-14-10-5-4-8-16-11(9)10;1-5-15-10-8-13-7-6-9(10)11(14)16-12(2,3)4;2*1-2(3)4/h9-11,14H,4-8H2,1-3H3;9-10,13H,5-8H2,1-4H3;2*1H3,(H,3,4)/t9-,10+,11-;9-,10+;;/m00../s1.